The van der Waals surface area contributed by atoms with Crippen molar-refractivity contribution < 1.29 is 13.2 Å². The van der Waals surface area contributed by atoms with Crippen molar-refractivity contribution >= 4 is 21.6 Å². The molecule has 6 nitrogen and oxygen atoms in total. The molecule has 0 unspecified atom stereocenters. The van der Waals surface area contributed by atoms with Gasteiger partial charge in [-0.3, -0.25) is 4.79 Å². The largest absolute Gasteiger partial charge is 0.322 e. The molecule has 1 aliphatic carbocycles. The first-order chi connectivity index (χ1) is 13.0. The molecule has 144 valence electrons. The fourth-order valence-electron chi connectivity index (χ4n) is 2.67. The fraction of sp³-hybridized carbons (Fsp3) is 0.350. The van der Waals surface area contributed by atoms with Crippen molar-refractivity contribution in [3.63, 3.8) is 0 Å². The molecule has 2 aromatic carbocycles. The van der Waals surface area contributed by atoms with Crippen molar-refractivity contribution in [1.82, 2.24) is 10.0 Å². The number of sulfonamides is 1. The minimum absolute atomic E-state index is 0.108. The zero-order valence-corrected chi connectivity index (χ0v) is 16.2. The molecular weight excluding hydrogens is 362 g/mol. The van der Waals surface area contributed by atoms with Gasteiger partial charge in [-0.1, -0.05) is 25.1 Å². The lowest BCUT2D eigenvalue weighted by Gasteiger charge is -2.10. The van der Waals surface area contributed by atoms with E-state index in [2.05, 4.69) is 15.4 Å². The van der Waals surface area contributed by atoms with Crippen LogP contribution in [0.1, 0.15) is 35.7 Å². The Morgan fingerprint density at radius 3 is 2.63 bits per heavy atom. The lowest BCUT2D eigenvalue weighted by atomic mass is 10.1. The first-order valence-electron chi connectivity index (χ1n) is 9.18. The molecular formula is C20H25N3O3S. The van der Waals surface area contributed by atoms with Gasteiger partial charge in [0.25, 0.3) is 5.91 Å². The van der Waals surface area contributed by atoms with Crippen LogP contribution in [0, 0.1) is 5.92 Å². The third kappa shape index (κ3) is 5.63. The average molecular weight is 388 g/mol. The van der Waals surface area contributed by atoms with E-state index in [1.807, 2.05) is 31.2 Å². The van der Waals surface area contributed by atoms with E-state index in [0.29, 0.717) is 23.7 Å². The van der Waals surface area contributed by atoms with Crippen LogP contribution in [0.3, 0.4) is 0 Å². The van der Waals surface area contributed by atoms with Gasteiger partial charge in [-0.15, -0.1) is 0 Å². The van der Waals surface area contributed by atoms with E-state index in [1.54, 1.807) is 12.1 Å². The van der Waals surface area contributed by atoms with Crippen molar-refractivity contribution in [3.05, 3.63) is 59.7 Å². The van der Waals surface area contributed by atoms with Gasteiger partial charge in [-0.05, 0) is 61.2 Å². The highest BCUT2D eigenvalue weighted by Crippen LogP contribution is 2.28. The Labute approximate surface area is 160 Å². The molecule has 0 aromatic heterocycles. The summed E-state index contributed by atoms with van der Waals surface area (Å²) in [5, 5.41) is 6.07. The predicted molar refractivity (Wildman–Crippen MR) is 106 cm³/mol. The first-order valence-corrected chi connectivity index (χ1v) is 10.7. The van der Waals surface area contributed by atoms with Gasteiger partial charge in [0.2, 0.25) is 10.0 Å². The molecule has 0 atom stereocenters. The SMILES string of the molecule is CCNCc1cccc(NC(=O)c2cccc(S(=O)(=O)NCC3CC3)c2)c1. The number of carbonyl (C=O) groups excluding carboxylic acids is 1. The topological polar surface area (TPSA) is 87.3 Å². The lowest BCUT2D eigenvalue weighted by Crippen LogP contribution is -2.26. The summed E-state index contributed by atoms with van der Waals surface area (Å²) in [6.07, 6.45) is 2.13. The maximum absolute atomic E-state index is 12.6. The van der Waals surface area contributed by atoms with Crippen molar-refractivity contribution in [2.75, 3.05) is 18.4 Å². The molecule has 3 N–H and O–H groups in total. The number of hydrogen-bond donors (Lipinski definition) is 3. The normalized spacial score (nSPS) is 14.1. The van der Waals surface area contributed by atoms with Crippen LogP contribution in [0.2, 0.25) is 0 Å². The third-order valence-electron chi connectivity index (χ3n) is 4.43. The number of nitrogens with one attached hydrogen (secondary N) is 3. The maximum Gasteiger partial charge on any atom is 0.255 e. The number of benzene rings is 2. The molecule has 7 heteroatoms. The maximum atomic E-state index is 12.6. The summed E-state index contributed by atoms with van der Waals surface area (Å²) in [5.41, 5.74) is 2.05. The van der Waals surface area contributed by atoms with E-state index in [-0.39, 0.29) is 10.8 Å². The molecule has 1 aliphatic rings. The minimum atomic E-state index is -3.60. The number of amides is 1. The van der Waals surface area contributed by atoms with Crippen LogP contribution in [-0.2, 0) is 16.6 Å². The second kappa shape index (κ2) is 8.65. The van der Waals surface area contributed by atoms with Gasteiger partial charge >= 0.3 is 0 Å². The Morgan fingerprint density at radius 2 is 1.89 bits per heavy atom. The molecule has 0 heterocycles. The van der Waals surface area contributed by atoms with E-state index < -0.39 is 10.0 Å². The Kier molecular flexibility index (Phi) is 6.26. The van der Waals surface area contributed by atoms with Crippen LogP contribution in [0.5, 0.6) is 0 Å². The summed E-state index contributed by atoms with van der Waals surface area (Å²) in [4.78, 5) is 12.7. The van der Waals surface area contributed by atoms with Gasteiger partial charge in [0.15, 0.2) is 0 Å². The summed E-state index contributed by atoms with van der Waals surface area (Å²) in [5.74, 6) is 0.107. The van der Waals surface area contributed by atoms with E-state index in [0.717, 1.165) is 31.5 Å². The third-order valence-corrected chi connectivity index (χ3v) is 5.85. The molecule has 1 saturated carbocycles. The first kappa shape index (κ1) is 19.5. The Hall–Kier alpha value is -2.22. The quantitative estimate of drug-likeness (QED) is 0.617. The van der Waals surface area contributed by atoms with Crippen LogP contribution in [0.15, 0.2) is 53.4 Å². The lowest BCUT2D eigenvalue weighted by molar-refractivity contribution is 0.102. The zero-order valence-electron chi connectivity index (χ0n) is 15.4. The molecule has 0 bridgehead atoms. The van der Waals surface area contributed by atoms with Gasteiger partial charge < -0.3 is 10.6 Å². The van der Waals surface area contributed by atoms with Gasteiger partial charge in [-0.2, -0.15) is 0 Å². The number of carbonyl (C=O) groups is 1. The highest BCUT2D eigenvalue weighted by molar-refractivity contribution is 7.89. The summed E-state index contributed by atoms with van der Waals surface area (Å²) in [6.45, 7) is 4.08. The number of hydrogen-bond acceptors (Lipinski definition) is 4. The second-order valence-electron chi connectivity index (χ2n) is 6.76. The highest BCUT2D eigenvalue weighted by Gasteiger charge is 2.24. The zero-order chi connectivity index (χ0) is 19.3. The molecule has 0 spiro atoms. The Balaban J connectivity index is 1.69. The minimum Gasteiger partial charge on any atom is -0.322 e. The second-order valence-corrected chi connectivity index (χ2v) is 8.52. The van der Waals surface area contributed by atoms with Crippen LogP contribution in [-0.4, -0.2) is 27.4 Å². The standard InChI is InChI=1S/C20H25N3O3S/c1-2-21-13-16-5-3-7-18(11-16)23-20(24)17-6-4-8-19(12-17)27(25,26)22-14-15-9-10-15/h3-8,11-12,15,21-22H,2,9-10,13-14H2,1H3,(H,23,24). The van der Waals surface area contributed by atoms with Crippen LogP contribution in [0.25, 0.3) is 0 Å². The highest BCUT2D eigenvalue weighted by atomic mass is 32.2. The monoisotopic (exact) mass is 387 g/mol. The van der Waals surface area contributed by atoms with Crippen molar-refractivity contribution in [2.45, 2.75) is 31.2 Å². The summed E-state index contributed by atoms with van der Waals surface area (Å²) >= 11 is 0. The molecule has 1 amide bonds. The van der Waals surface area contributed by atoms with E-state index in [1.165, 1.54) is 12.1 Å². The smallest absolute Gasteiger partial charge is 0.255 e. The predicted octanol–water partition coefficient (Wildman–Crippen LogP) is 2.74. The van der Waals surface area contributed by atoms with Gasteiger partial charge in [0, 0.05) is 24.3 Å². The molecule has 0 saturated heterocycles. The Morgan fingerprint density at radius 1 is 1.11 bits per heavy atom. The van der Waals surface area contributed by atoms with Crippen LogP contribution in [0.4, 0.5) is 5.69 Å². The summed E-state index contributed by atoms with van der Waals surface area (Å²) in [6, 6.07) is 13.7. The van der Waals surface area contributed by atoms with Crippen LogP contribution < -0.4 is 15.4 Å². The molecule has 1 fully saturated rings. The average Bonchev–Trinajstić information content (AvgIpc) is 3.50. The van der Waals surface area contributed by atoms with Crippen molar-refractivity contribution in [2.24, 2.45) is 5.92 Å². The van der Waals surface area contributed by atoms with Gasteiger partial charge in [0.05, 0.1) is 4.90 Å². The number of anilines is 1. The Bertz CT molecular complexity index is 908. The molecule has 3 rings (SSSR count). The van der Waals surface area contributed by atoms with Gasteiger partial charge in [0.1, 0.15) is 0 Å². The summed E-state index contributed by atoms with van der Waals surface area (Å²) in [7, 11) is -3.60. The summed E-state index contributed by atoms with van der Waals surface area (Å²) < 4.78 is 27.4. The van der Waals surface area contributed by atoms with Crippen LogP contribution >= 0.6 is 0 Å². The molecule has 27 heavy (non-hydrogen) atoms. The van der Waals surface area contributed by atoms with E-state index in [9.17, 15) is 13.2 Å². The fourth-order valence-corrected chi connectivity index (χ4v) is 3.83. The van der Waals surface area contributed by atoms with E-state index in [4.69, 9.17) is 0 Å². The molecule has 2 aromatic rings. The van der Waals surface area contributed by atoms with E-state index >= 15 is 0 Å². The molecule has 0 radical (unpaired) electrons. The van der Waals surface area contributed by atoms with Crippen molar-refractivity contribution in [1.29, 1.82) is 0 Å². The van der Waals surface area contributed by atoms with Gasteiger partial charge in [-0.25, -0.2) is 13.1 Å². The number of rotatable bonds is 9. The molecule has 0 aliphatic heterocycles. The van der Waals surface area contributed by atoms with Crippen molar-refractivity contribution in [3.8, 4) is 0 Å².